The van der Waals surface area contributed by atoms with Crippen molar-refractivity contribution in [2.75, 3.05) is 0 Å². The van der Waals surface area contributed by atoms with Gasteiger partial charge in [-0.05, 0) is 150 Å². The molecule has 1 aliphatic carbocycles. The molecule has 3 atom stereocenters. The van der Waals surface area contributed by atoms with Crippen LogP contribution in [0.1, 0.15) is 111 Å². The van der Waals surface area contributed by atoms with Crippen LogP contribution >= 0.6 is 0 Å². The van der Waals surface area contributed by atoms with Crippen LogP contribution in [0.5, 0.6) is 5.75 Å². The second kappa shape index (κ2) is 15.7. The molecule has 0 aliphatic heterocycles. The van der Waals surface area contributed by atoms with Gasteiger partial charge in [0.25, 0.3) is 0 Å². The fourth-order valence-electron chi connectivity index (χ4n) is 8.64. The molecule has 0 amide bonds. The molecule has 0 radical (unpaired) electrons. The topological polar surface area (TPSA) is 50.9 Å². The molecule has 7 aromatic rings. The summed E-state index contributed by atoms with van der Waals surface area (Å²) in [4.78, 5) is 9.98. The molecule has 0 spiro atoms. The van der Waals surface area contributed by atoms with Crippen LogP contribution in [-0.4, -0.2) is 19.6 Å². The zero-order valence-electron chi connectivity index (χ0n) is 45.5. The van der Waals surface area contributed by atoms with Gasteiger partial charge in [-0.1, -0.05) is 121 Å². The van der Waals surface area contributed by atoms with Crippen molar-refractivity contribution in [2.24, 2.45) is 23.6 Å². The van der Waals surface area contributed by atoms with Gasteiger partial charge in [0.15, 0.2) is 0 Å². The summed E-state index contributed by atoms with van der Waals surface area (Å²) in [7, 11) is 0. The Labute approximate surface area is 361 Å². The molecule has 2 heterocycles. The fourth-order valence-corrected chi connectivity index (χ4v) is 8.64. The Morgan fingerprint density at radius 2 is 1.52 bits per heavy atom. The number of aromatic nitrogens is 3. The highest BCUT2D eigenvalue weighted by molar-refractivity contribution is 5.97. The number of imidazole rings is 1. The number of hydrogen-bond donors (Lipinski definition) is 1. The van der Waals surface area contributed by atoms with Gasteiger partial charge < -0.3 is 5.11 Å². The Bertz CT molecular complexity index is 3070. The third kappa shape index (κ3) is 7.74. The number of fused-ring (bicyclic) bond motifs is 1. The van der Waals surface area contributed by atoms with Crippen LogP contribution in [0.25, 0.3) is 61.6 Å². The summed E-state index contributed by atoms with van der Waals surface area (Å²) in [5.74, 6) is 0.755. The largest absolute Gasteiger partial charge is 0.507 e. The summed E-state index contributed by atoms with van der Waals surface area (Å²) in [5.41, 5.74) is 6.00. The summed E-state index contributed by atoms with van der Waals surface area (Å²) in [6.07, 6.45) is 4.20. The maximum Gasteiger partial charge on any atom is 0.149 e. The highest BCUT2D eigenvalue weighted by Crippen LogP contribution is 2.46. The first-order valence-electron chi connectivity index (χ1n) is 25.8. The van der Waals surface area contributed by atoms with Crippen molar-refractivity contribution < 1.29 is 20.2 Å². The summed E-state index contributed by atoms with van der Waals surface area (Å²) in [6, 6.07) is 25.5. The van der Waals surface area contributed by atoms with E-state index in [2.05, 4.69) is 40.7 Å². The van der Waals surface area contributed by atoms with Gasteiger partial charge in [-0.25, -0.2) is 4.98 Å². The number of benzene rings is 5. The maximum absolute atomic E-state index is 11.4. The molecule has 1 aliphatic rings. The van der Waals surface area contributed by atoms with E-state index in [0.29, 0.717) is 56.8 Å². The molecular formula is C54H59N3O. The highest BCUT2D eigenvalue weighted by Gasteiger charge is 2.33. The number of aryl methyl sites for hydroxylation is 1. The Hall–Kier alpha value is -5.48. The molecule has 2 aromatic heterocycles. The summed E-state index contributed by atoms with van der Waals surface area (Å²) >= 11 is 0. The fraction of sp³-hybridized carbons (Fsp3) is 0.333. The number of aromatic hydroxyl groups is 1. The molecule has 58 heavy (non-hydrogen) atoms. The molecule has 1 N–H and O–H groups in total. The molecule has 4 heteroatoms. The quantitative estimate of drug-likeness (QED) is 0.167. The number of hydrogen-bond acceptors (Lipinski definition) is 3. The van der Waals surface area contributed by atoms with Crippen molar-refractivity contribution >= 4 is 11.0 Å². The van der Waals surface area contributed by atoms with E-state index >= 15 is 0 Å². The predicted octanol–water partition coefficient (Wildman–Crippen LogP) is 14.5. The molecule has 4 nitrogen and oxygen atoms in total. The Morgan fingerprint density at radius 1 is 0.759 bits per heavy atom. The normalized spacial score (nSPS) is 20.8. The van der Waals surface area contributed by atoms with Crippen molar-refractivity contribution in [3.63, 3.8) is 0 Å². The third-order valence-corrected chi connectivity index (χ3v) is 12.1. The van der Waals surface area contributed by atoms with Crippen LogP contribution in [0.3, 0.4) is 0 Å². The van der Waals surface area contributed by atoms with Crippen molar-refractivity contribution in [2.45, 2.75) is 92.8 Å². The minimum atomic E-state index is -2.84. The number of pyridine rings is 1. The second-order valence-electron chi connectivity index (χ2n) is 17.6. The van der Waals surface area contributed by atoms with Crippen molar-refractivity contribution in [1.29, 1.82) is 0 Å². The highest BCUT2D eigenvalue weighted by atomic mass is 16.3. The lowest BCUT2D eigenvalue weighted by Crippen LogP contribution is -2.27. The number of para-hydroxylation sites is 2. The molecular weight excluding hydrogens is 707 g/mol. The van der Waals surface area contributed by atoms with Crippen LogP contribution in [0.15, 0.2) is 121 Å². The van der Waals surface area contributed by atoms with Crippen LogP contribution in [-0.2, 0) is 5.41 Å². The average molecular weight is 777 g/mol. The minimum Gasteiger partial charge on any atom is -0.507 e. The van der Waals surface area contributed by atoms with E-state index in [-0.39, 0.29) is 34.1 Å². The lowest BCUT2D eigenvalue weighted by atomic mass is 9.66. The number of rotatable bonds is 8. The molecule has 296 valence electrons. The van der Waals surface area contributed by atoms with E-state index in [1.807, 2.05) is 66.9 Å². The van der Waals surface area contributed by atoms with Gasteiger partial charge in [0, 0.05) is 26.9 Å². The summed E-state index contributed by atoms with van der Waals surface area (Å²) < 4.78 is 96.0. The van der Waals surface area contributed by atoms with E-state index in [1.54, 1.807) is 36.4 Å². The molecule has 1 saturated carbocycles. The number of phenolic OH excluding ortho intramolecular Hbond substituents is 1. The van der Waals surface area contributed by atoms with Gasteiger partial charge in [-0.15, -0.1) is 0 Å². The van der Waals surface area contributed by atoms with Gasteiger partial charge in [-0.2, -0.15) is 0 Å². The molecule has 3 unspecified atom stereocenters. The average Bonchev–Trinajstić information content (AvgIpc) is 3.66. The Morgan fingerprint density at radius 3 is 2.24 bits per heavy atom. The number of phenols is 1. The van der Waals surface area contributed by atoms with Gasteiger partial charge in [0.1, 0.15) is 11.6 Å². The molecule has 1 fully saturated rings. The van der Waals surface area contributed by atoms with Crippen LogP contribution in [0, 0.1) is 37.4 Å². The predicted molar refractivity (Wildman–Crippen MR) is 244 cm³/mol. The van der Waals surface area contributed by atoms with Crippen molar-refractivity contribution in [3.8, 4) is 56.3 Å². The van der Waals surface area contributed by atoms with Crippen LogP contribution < -0.4 is 0 Å². The lowest BCUT2D eigenvalue weighted by Gasteiger charge is -2.39. The first kappa shape index (κ1) is 28.0. The van der Waals surface area contributed by atoms with E-state index < -0.39 is 49.3 Å². The van der Waals surface area contributed by atoms with Gasteiger partial charge in [-0.3, -0.25) is 9.55 Å². The minimum absolute atomic E-state index is 0.0218. The Balaban J connectivity index is 1.33. The molecule has 5 aromatic carbocycles. The van der Waals surface area contributed by atoms with Gasteiger partial charge in [0.2, 0.25) is 0 Å². The van der Waals surface area contributed by atoms with Gasteiger partial charge in [0.05, 0.1) is 33.5 Å². The van der Waals surface area contributed by atoms with E-state index in [4.69, 9.17) is 25.0 Å². The monoisotopic (exact) mass is 777 g/mol. The molecule has 0 bridgehead atoms. The van der Waals surface area contributed by atoms with Crippen molar-refractivity contribution in [1.82, 2.24) is 14.5 Å². The SMILES string of the molecule is [2H]c1c([2H])c(C([2H])([2H])[2H])c([2H])c([2H])c1-c1ccnc(-c2cc(-c3cccc4c3nc(-c3ccccc3O)n4-c3ccc(C4CC(C(C)C)CC(C([2H])(C)C)C4)cc3C([2H])([2H])[2H])cc(C(C)(C)C)c2)c1. The van der Waals surface area contributed by atoms with E-state index in [9.17, 15) is 5.11 Å². The lowest BCUT2D eigenvalue weighted by molar-refractivity contribution is 0.158. The Kier molecular flexibility index (Phi) is 7.59. The molecule has 8 rings (SSSR count). The smallest absolute Gasteiger partial charge is 0.149 e. The number of nitrogens with zero attached hydrogens (tertiary/aromatic N) is 3. The zero-order valence-corrected chi connectivity index (χ0v) is 34.5. The zero-order chi connectivity index (χ0) is 50.3. The summed E-state index contributed by atoms with van der Waals surface area (Å²) in [6.45, 7) is 9.30. The van der Waals surface area contributed by atoms with Gasteiger partial charge >= 0.3 is 0 Å². The van der Waals surface area contributed by atoms with Crippen molar-refractivity contribution in [3.05, 3.63) is 144 Å². The maximum atomic E-state index is 11.4. The summed E-state index contributed by atoms with van der Waals surface area (Å²) in [5, 5.41) is 11.4. The van der Waals surface area contributed by atoms with E-state index in [0.717, 1.165) is 41.5 Å². The first-order valence-corrected chi connectivity index (χ1v) is 20.3. The second-order valence-corrected chi connectivity index (χ2v) is 17.6. The third-order valence-electron chi connectivity index (χ3n) is 12.1. The van der Waals surface area contributed by atoms with Crippen LogP contribution in [0.2, 0.25) is 0 Å². The van der Waals surface area contributed by atoms with Crippen LogP contribution in [0.4, 0.5) is 0 Å². The standard InChI is InChI=1S/C54H59N3O/c1-33(2)40-26-41(34(3)4)28-42(27-40)38-21-22-49(36(6)25-38)57-50-15-12-14-46(52(50)56-53(57)47-13-10-11-16-51(47)58)43-29-44(31-45(30-43)54(7,8)9)48-32-39(23-24-55-48)37-19-17-35(5)18-20-37/h10-25,29-34,40-42,58H,26-28H2,1-9H3/i5D3,6D3,17D,18D,19D,20D,33D. The first-order chi connectivity index (χ1) is 32.1. The van der Waals surface area contributed by atoms with E-state index in [1.165, 1.54) is 6.20 Å². The molecule has 0 saturated heterocycles.